The summed E-state index contributed by atoms with van der Waals surface area (Å²) < 4.78 is 2.02. The third-order valence-corrected chi connectivity index (χ3v) is 3.16. The van der Waals surface area contributed by atoms with Crippen LogP contribution < -0.4 is 0 Å². The van der Waals surface area contributed by atoms with Crippen LogP contribution in [0.2, 0.25) is 0 Å². The Kier molecular flexibility index (Phi) is 3.14. The van der Waals surface area contributed by atoms with Gasteiger partial charge in [0.05, 0.1) is 11.4 Å². The number of aryl methyl sites for hydroxylation is 1. The Labute approximate surface area is 82.5 Å². The average Bonchev–Trinajstić information content (AvgIpc) is 2.29. The first-order valence-corrected chi connectivity index (χ1v) is 5.13. The molecule has 0 amide bonds. The SMILES string of the molecule is CC(=O)CSc1nc(C)c(C)n1C. The van der Waals surface area contributed by atoms with Crippen LogP contribution in [0.15, 0.2) is 5.16 Å². The maximum atomic E-state index is 10.8. The van der Waals surface area contributed by atoms with E-state index in [0.717, 1.165) is 16.5 Å². The minimum atomic E-state index is 0.184. The van der Waals surface area contributed by atoms with Crippen LogP contribution in [0.3, 0.4) is 0 Å². The summed E-state index contributed by atoms with van der Waals surface area (Å²) in [6, 6.07) is 0. The largest absolute Gasteiger partial charge is 0.326 e. The molecule has 0 unspecified atom stereocenters. The lowest BCUT2D eigenvalue weighted by Crippen LogP contribution is -1.98. The third-order valence-electron chi connectivity index (χ3n) is 1.98. The van der Waals surface area contributed by atoms with E-state index < -0.39 is 0 Å². The van der Waals surface area contributed by atoms with Gasteiger partial charge in [0.2, 0.25) is 0 Å². The molecule has 0 aromatic carbocycles. The molecular formula is C9H14N2OS. The number of carbonyl (C=O) groups excluding carboxylic acids is 1. The van der Waals surface area contributed by atoms with Gasteiger partial charge < -0.3 is 4.57 Å². The van der Waals surface area contributed by atoms with Crippen molar-refractivity contribution in [2.45, 2.75) is 25.9 Å². The standard InChI is InChI=1S/C9H14N2OS/c1-6(12)5-13-9-10-7(2)8(3)11(9)4/h5H2,1-4H3. The van der Waals surface area contributed by atoms with Crippen molar-refractivity contribution < 1.29 is 4.79 Å². The summed E-state index contributed by atoms with van der Waals surface area (Å²) in [4.78, 5) is 15.1. The van der Waals surface area contributed by atoms with Crippen molar-refractivity contribution in [2.75, 3.05) is 5.75 Å². The monoisotopic (exact) mass is 198 g/mol. The third kappa shape index (κ3) is 2.34. The number of hydrogen-bond donors (Lipinski definition) is 0. The van der Waals surface area contributed by atoms with Gasteiger partial charge in [0.25, 0.3) is 0 Å². The van der Waals surface area contributed by atoms with Gasteiger partial charge in [-0.3, -0.25) is 4.79 Å². The molecule has 3 nitrogen and oxygen atoms in total. The molecule has 0 saturated heterocycles. The quantitative estimate of drug-likeness (QED) is 0.694. The van der Waals surface area contributed by atoms with Crippen LogP contribution in [-0.4, -0.2) is 21.1 Å². The summed E-state index contributed by atoms with van der Waals surface area (Å²) in [5.41, 5.74) is 2.19. The van der Waals surface area contributed by atoms with E-state index in [0.29, 0.717) is 5.75 Å². The van der Waals surface area contributed by atoms with Crippen molar-refractivity contribution in [1.29, 1.82) is 0 Å². The molecule has 1 rings (SSSR count). The van der Waals surface area contributed by atoms with Crippen molar-refractivity contribution in [1.82, 2.24) is 9.55 Å². The molecule has 0 radical (unpaired) electrons. The second-order valence-corrected chi connectivity index (χ2v) is 4.06. The Morgan fingerprint density at radius 1 is 1.54 bits per heavy atom. The highest BCUT2D eigenvalue weighted by atomic mass is 32.2. The fourth-order valence-corrected chi connectivity index (χ4v) is 1.85. The molecule has 4 heteroatoms. The van der Waals surface area contributed by atoms with Gasteiger partial charge in [0.15, 0.2) is 5.16 Å². The zero-order chi connectivity index (χ0) is 10.0. The fraction of sp³-hybridized carbons (Fsp3) is 0.556. The van der Waals surface area contributed by atoms with Crippen molar-refractivity contribution in [3.63, 3.8) is 0 Å². The van der Waals surface area contributed by atoms with Crippen LogP contribution in [0.5, 0.6) is 0 Å². The highest BCUT2D eigenvalue weighted by Gasteiger charge is 2.08. The molecule has 0 N–H and O–H groups in total. The summed E-state index contributed by atoms with van der Waals surface area (Å²) in [6.07, 6.45) is 0. The number of thioether (sulfide) groups is 1. The van der Waals surface area contributed by atoms with Crippen LogP contribution in [0.1, 0.15) is 18.3 Å². The van der Waals surface area contributed by atoms with Gasteiger partial charge in [-0.15, -0.1) is 0 Å². The molecule has 1 heterocycles. The maximum absolute atomic E-state index is 10.8. The Morgan fingerprint density at radius 2 is 2.15 bits per heavy atom. The van der Waals surface area contributed by atoms with E-state index in [1.54, 1.807) is 6.92 Å². The van der Waals surface area contributed by atoms with Crippen LogP contribution in [-0.2, 0) is 11.8 Å². The first-order chi connectivity index (χ1) is 6.02. The van der Waals surface area contributed by atoms with Gasteiger partial charge >= 0.3 is 0 Å². The minimum absolute atomic E-state index is 0.184. The molecule has 1 aromatic rings. The molecule has 0 fully saturated rings. The second kappa shape index (κ2) is 3.96. The van der Waals surface area contributed by atoms with E-state index in [2.05, 4.69) is 4.98 Å². The first kappa shape index (κ1) is 10.3. The van der Waals surface area contributed by atoms with Gasteiger partial charge in [0, 0.05) is 12.7 Å². The van der Waals surface area contributed by atoms with Crippen molar-refractivity contribution in [2.24, 2.45) is 7.05 Å². The van der Waals surface area contributed by atoms with Gasteiger partial charge in [-0.05, 0) is 20.8 Å². The molecule has 0 aliphatic rings. The predicted octanol–water partition coefficient (Wildman–Crippen LogP) is 1.72. The van der Waals surface area contributed by atoms with E-state index in [9.17, 15) is 4.79 Å². The number of carbonyl (C=O) groups is 1. The first-order valence-electron chi connectivity index (χ1n) is 4.14. The Morgan fingerprint density at radius 3 is 2.54 bits per heavy atom. The smallest absolute Gasteiger partial charge is 0.168 e. The number of aromatic nitrogens is 2. The summed E-state index contributed by atoms with van der Waals surface area (Å²) >= 11 is 1.49. The predicted molar refractivity (Wildman–Crippen MR) is 54.1 cm³/mol. The molecule has 72 valence electrons. The summed E-state index contributed by atoms with van der Waals surface area (Å²) in [5.74, 6) is 0.687. The van der Waals surface area contributed by atoms with Gasteiger partial charge in [-0.1, -0.05) is 11.8 Å². The lowest BCUT2D eigenvalue weighted by atomic mass is 10.4. The highest BCUT2D eigenvalue weighted by Crippen LogP contribution is 2.19. The number of ketones is 1. The lowest BCUT2D eigenvalue weighted by Gasteiger charge is -2.00. The molecule has 0 saturated carbocycles. The van der Waals surface area contributed by atoms with Crippen molar-refractivity contribution in [3.8, 4) is 0 Å². The van der Waals surface area contributed by atoms with Gasteiger partial charge in [-0.25, -0.2) is 4.98 Å². The topological polar surface area (TPSA) is 34.9 Å². The fourth-order valence-electron chi connectivity index (χ4n) is 0.981. The zero-order valence-electron chi connectivity index (χ0n) is 8.42. The Bertz CT molecular complexity index is 331. The van der Waals surface area contributed by atoms with Crippen molar-refractivity contribution in [3.05, 3.63) is 11.4 Å². The molecule has 0 aliphatic heterocycles. The number of hydrogen-bond acceptors (Lipinski definition) is 3. The zero-order valence-corrected chi connectivity index (χ0v) is 9.23. The van der Waals surface area contributed by atoms with Crippen LogP contribution in [0.25, 0.3) is 0 Å². The van der Waals surface area contributed by atoms with E-state index in [1.807, 2.05) is 25.5 Å². The normalized spacial score (nSPS) is 10.5. The molecule has 13 heavy (non-hydrogen) atoms. The van der Waals surface area contributed by atoms with E-state index in [1.165, 1.54) is 11.8 Å². The van der Waals surface area contributed by atoms with E-state index in [4.69, 9.17) is 0 Å². The molecule has 0 bridgehead atoms. The van der Waals surface area contributed by atoms with Crippen LogP contribution in [0.4, 0.5) is 0 Å². The molecule has 0 spiro atoms. The molecule has 1 aromatic heterocycles. The number of nitrogens with zero attached hydrogens (tertiary/aromatic N) is 2. The highest BCUT2D eigenvalue weighted by molar-refractivity contribution is 7.99. The van der Waals surface area contributed by atoms with Crippen molar-refractivity contribution >= 4 is 17.5 Å². The van der Waals surface area contributed by atoms with E-state index in [-0.39, 0.29) is 5.78 Å². The van der Waals surface area contributed by atoms with E-state index >= 15 is 0 Å². The van der Waals surface area contributed by atoms with Gasteiger partial charge in [-0.2, -0.15) is 0 Å². The number of rotatable bonds is 3. The van der Waals surface area contributed by atoms with Crippen LogP contribution >= 0.6 is 11.8 Å². The number of Topliss-reactive ketones (excluding diaryl/α,β-unsaturated/α-hetero) is 1. The molecule has 0 aliphatic carbocycles. The van der Waals surface area contributed by atoms with Gasteiger partial charge in [0.1, 0.15) is 5.78 Å². The Balaban J connectivity index is 2.78. The average molecular weight is 198 g/mol. The second-order valence-electron chi connectivity index (χ2n) is 3.11. The summed E-state index contributed by atoms with van der Waals surface area (Å²) in [5, 5.41) is 0.921. The summed E-state index contributed by atoms with van der Waals surface area (Å²) in [7, 11) is 1.97. The maximum Gasteiger partial charge on any atom is 0.168 e. The molecular weight excluding hydrogens is 184 g/mol. The van der Waals surface area contributed by atoms with Crippen LogP contribution in [0, 0.1) is 13.8 Å². The number of imidazole rings is 1. The Hall–Kier alpha value is -0.770. The minimum Gasteiger partial charge on any atom is -0.326 e. The molecule has 0 atom stereocenters. The summed E-state index contributed by atoms with van der Waals surface area (Å²) in [6.45, 7) is 5.60. The lowest BCUT2D eigenvalue weighted by molar-refractivity contribution is -0.114.